The van der Waals surface area contributed by atoms with Gasteiger partial charge in [0.05, 0.1) is 0 Å². The maximum atomic E-state index is 12.0. The van der Waals surface area contributed by atoms with Gasteiger partial charge in [0.25, 0.3) is 0 Å². The summed E-state index contributed by atoms with van der Waals surface area (Å²) in [7, 11) is 0. The van der Waals surface area contributed by atoms with Crippen molar-refractivity contribution in [2.45, 2.75) is 23.6 Å². The highest BCUT2D eigenvalue weighted by molar-refractivity contribution is 6.45. The smallest absolute Gasteiger partial charge is 0.200 e. The topological polar surface area (TPSA) is 0 Å². The van der Waals surface area contributed by atoms with Crippen molar-refractivity contribution in [2.24, 2.45) is 0 Å². The van der Waals surface area contributed by atoms with Gasteiger partial charge in [-0.3, -0.25) is 0 Å². The molecule has 6 heteroatoms. The molecule has 0 heterocycles. The lowest BCUT2D eigenvalue weighted by molar-refractivity contribution is -0.188. The Kier molecular flexibility index (Phi) is 2.82. The van der Waals surface area contributed by atoms with Crippen molar-refractivity contribution in [3.05, 3.63) is 0 Å². The predicted molar refractivity (Wildman–Crippen MR) is 31.1 cm³/mol. The number of halogens is 6. The first-order chi connectivity index (χ1) is 4.19. The fourth-order valence-corrected chi connectivity index (χ4v) is 0.575. The number of hydrogen-bond acceptors (Lipinski definition) is 0. The molecule has 0 aliphatic carbocycles. The Bertz CT molecular complexity index is 117. The zero-order chi connectivity index (χ0) is 8.58. The predicted octanol–water partition coefficient (Wildman–Crippen LogP) is 3.08. The van der Waals surface area contributed by atoms with Crippen molar-refractivity contribution in [3.63, 3.8) is 0 Å². The van der Waals surface area contributed by atoms with E-state index in [0.29, 0.717) is 0 Å². The Balaban J connectivity index is 4.40. The molecule has 0 atom stereocenters. The molecule has 0 aromatic heterocycles. The Hall–Kier alpha value is 0.300. The molecule has 0 aromatic carbocycles. The van der Waals surface area contributed by atoms with Crippen molar-refractivity contribution in [1.82, 2.24) is 0 Å². The third kappa shape index (κ3) is 1.89. The molecular weight excluding hydrogens is 195 g/mol. The van der Waals surface area contributed by atoms with E-state index in [9.17, 15) is 17.6 Å². The molecule has 0 aliphatic heterocycles. The molecule has 0 unspecified atom stereocenters. The molecule has 10 heavy (non-hydrogen) atoms. The molecule has 0 amide bonds. The van der Waals surface area contributed by atoms with Crippen molar-refractivity contribution >= 4 is 23.2 Å². The van der Waals surface area contributed by atoms with E-state index in [-0.39, 0.29) is 6.92 Å². The van der Waals surface area contributed by atoms with Gasteiger partial charge in [0.15, 0.2) is 4.84 Å². The summed E-state index contributed by atoms with van der Waals surface area (Å²) in [5.74, 6) is -8.54. The molecule has 0 N–H and O–H groups in total. The third-order valence-corrected chi connectivity index (χ3v) is 1.41. The van der Waals surface area contributed by atoms with E-state index in [2.05, 4.69) is 23.2 Å². The van der Waals surface area contributed by atoms with Crippen LogP contribution >= 0.6 is 23.2 Å². The van der Waals surface area contributed by atoms with Gasteiger partial charge in [0.1, 0.15) is 0 Å². The van der Waals surface area contributed by atoms with Gasteiger partial charge in [0.2, 0.25) is 0 Å². The fourth-order valence-electron chi connectivity index (χ4n) is 0.192. The van der Waals surface area contributed by atoms with Crippen LogP contribution in [0.25, 0.3) is 0 Å². The summed E-state index contributed by atoms with van der Waals surface area (Å²) in [6, 6.07) is 0. The van der Waals surface area contributed by atoms with Crippen LogP contribution in [0.4, 0.5) is 17.6 Å². The maximum Gasteiger partial charge on any atom is 0.339 e. The van der Waals surface area contributed by atoms with E-state index in [4.69, 9.17) is 0 Å². The molecule has 0 spiro atoms. The molecule has 0 saturated heterocycles. The highest BCUT2D eigenvalue weighted by atomic mass is 35.5. The van der Waals surface area contributed by atoms with Gasteiger partial charge in [-0.2, -0.15) is 8.78 Å². The minimum absolute atomic E-state index is 0.0603. The quantitative estimate of drug-likeness (QED) is 0.473. The summed E-state index contributed by atoms with van der Waals surface area (Å²) in [5, 5.41) is 0. The van der Waals surface area contributed by atoms with Crippen LogP contribution < -0.4 is 0 Å². The Morgan fingerprint density at radius 2 is 1.40 bits per heavy atom. The lowest BCUT2D eigenvalue weighted by atomic mass is 10.2. The Morgan fingerprint density at radius 3 is 1.40 bits per heavy atom. The van der Waals surface area contributed by atoms with Crippen LogP contribution in [0.1, 0.15) is 6.92 Å². The molecule has 0 fully saturated rings. The average Bonchev–Trinajstić information content (AvgIpc) is 1.62. The molecule has 0 aliphatic rings. The van der Waals surface area contributed by atoms with E-state index in [0.717, 1.165) is 0 Å². The van der Waals surface area contributed by atoms with Gasteiger partial charge in [-0.15, -0.1) is 0 Å². The van der Waals surface area contributed by atoms with Gasteiger partial charge < -0.3 is 0 Å². The number of hydrogen-bond donors (Lipinski definition) is 0. The van der Waals surface area contributed by atoms with Gasteiger partial charge in [-0.05, 0) is 0 Å². The van der Waals surface area contributed by atoms with E-state index >= 15 is 0 Å². The maximum absolute atomic E-state index is 12.0. The lowest BCUT2D eigenvalue weighted by Crippen LogP contribution is -2.42. The fraction of sp³-hybridized carbons (Fsp3) is 1.00. The largest absolute Gasteiger partial charge is 0.339 e. The van der Waals surface area contributed by atoms with Crippen molar-refractivity contribution in [1.29, 1.82) is 0 Å². The van der Waals surface area contributed by atoms with Gasteiger partial charge in [-0.1, -0.05) is 23.2 Å². The van der Waals surface area contributed by atoms with Crippen LogP contribution in [0.3, 0.4) is 0 Å². The summed E-state index contributed by atoms with van der Waals surface area (Å²) < 4.78 is 47.7. The second-order valence-corrected chi connectivity index (χ2v) is 2.91. The summed E-state index contributed by atoms with van der Waals surface area (Å²) in [5.41, 5.74) is 0. The van der Waals surface area contributed by atoms with Crippen LogP contribution in [0, 0.1) is 0 Å². The second kappa shape index (κ2) is 2.74. The van der Waals surface area contributed by atoms with Crippen LogP contribution in [0.15, 0.2) is 0 Å². The minimum Gasteiger partial charge on any atom is -0.200 e. The monoisotopic (exact) mass is 198 g/mol. The molecule has 0 aromatic rings. The summed E-state index contributed by atoms with van der Waals surface area (Å²) in [6.07, 6.45) is 0. The molecular formula is C4H4Cl2F4. The summed E-state index contributed by atoms with van der Waals surface area (Å²) >= 11 is 9.18. The van der Waals surface area contributed by atoms with Crippen molar-refractivity contribution in [2.75, 3.05) is 0 Å². The molecule has 0 bridgehead atoms. The van der Waals surface area contributed by atoms with Crippen LogP contribution in [0.5, 0.6) is 0 Å². The standard InChI is InChI=1S/C4H4Cl2F4/c1-3(7,8)4(9,10)2(5)6/h2H,1H3. The van der Waals surface area contributed by atoms with E-state index in [1.54, 1.807) is 0 Å². The molecule has 0 radical (unpaired) electrons. The van der Waals surface area contributed by atoms with Crippen LogP contribution in [-0.4, -0.2) is 16.7 Å². The van der Waals surface area contributed by atoms with E-state index in [1.165, 1.54) is 0 Å². The number of alkyl halides is 6. The summed E-state index contributed by atoms with van der Waals surface area (Å²) in [4.78, 5) is -2.38. The van der Waals surface area contributed by atoms with Crippen molar-refractivity contribution in [3.8, 4) is 0 Å². The molecule has 0 saturated carbocycles. The highest BCUT2D eigenvalue weighted by Gasteiger charge is 2.56. The van der Waals surface area contributed by atoms with Crippen LogP contribution in [0.2, 0.25) is 0 Å². The van der Waals surface area contributed by atoms with E-state index < -0.39 is 16.7 Å². The zero-order valence-corrected chi connectivity index (χ0v) is 6.36. The Morgan fingerprint density at radius 1 is 1.10 bits per heavy atom. The first-order valence-corrected chi connectivity index (χ1v) is 3.10. The lowest BCUT2D eigenvalue weighted by Gasteiger charge is -2.23. The molecule has 62 valence electrons. The normalized spacial score (nSPS) is 14.4. The first kappa shape index (κ1) is 10.3. The highest BCUT2D eigenvalue weighted by Crippen LogP contribution is 2.40. The first-order valence-electron chi connectivity index (χ1n) is 2.23. The molecule has 0 rings (SSSR count). The Labute approximate surface area is 65.1 Å². The second-order valence-electron chi connectivity index (χ2n) is 1.81. The average molecular weight is 199 g/mol. The minimum atomic E-state index is -4.36. The SMILES string of the molecule is CC(F)(F)C(F)(F)C(Cl)Cl. The van der Waals surface area contributed by atoms with Crippen molar-refractivity contribution < 1.29 is 17.6 Å². The van der Waals surface area contributed by atoms with Gasteiger partial charge in [0, 0.05) is 6.92 Å². The van der Waals surface area contributed by atoms with Gasteiger partial charge >= 0.3 is 11.8 Å². The third-order valence-electron chi connectivity index (χ3n) is 0.859. The number of rotatable bonds is 2. The van der Waals surface area contributed by atoms with Crippen LogP contribution in [-0.2, 0) is 0 Å². The summed E-state index contributed by atoms with van der Waals surface area (Å²) in [6.45, 7) is 0.0603. The van der Waals surface area contributed by atoms with E-state index in [1.807, 2.05) is 0 Å². The van der Waals surface area contributed by atoms with Gasteiger partial charge in [-0.25, -0.2) is 8.78 Å². The zero-order valence-electron chi connectivity index (χ0n) is 4.85. The molecule has 0 nitrogen and oxygen atoms in total.